The van der Waals surface area contributed by atoms with Crippen LogP contribution in [0.25, 0.3) is 10.9 Å². The number of para-hydroxylation sites is 1. The molecule has 0 fully saturated rings. The van der Waals surface area contributed by atoms with Gasteiger partial charge in [0.15, 0.2) is 0 Å². The van der Waals surface area contributed by atoms with Crippen molar-refractivity contribution in [3.63, 3.8) is 0 Å². The summed E-state index contributed by atoms with van der Waals surface area (Å²) in [7, 11) is 1.31. The predicted molar refractivity (Wildman–Crippen MR) is 63.1 cm³/mol. The number of aromatic nitrogens is 2. The van der Waals surface area contributed by atoms with Gasteiger partial charge in [-0.2, -0.15) is 0 Å². The van der Waals surface area contributed by atoms with Gasteiger partial charge in [0.2, 0.25) is 5.28 Å². The van der Waals surface area contributed by atoms with Gasteiger partial charge in [-0.15, -0.1) is 0 Å². The molecule has 0 unspecified atom stereocenters. The fourth-order valence-electron chi connectivity index (χ4n) is 1.56. The molecule has 88 valence electrons. The molecule has 6 heteroatoms. The number of fused-ring (bicyclic) bond motifs is 1. The zero-order chi connectivity index (χ0) is 12.4. The summed E-state index contributed by atoms with van der Waals surface area (Å²) in [5, 5.41) is 0.399. The molecule has 1 aromatic heterocycles. The van der Waals surface area contributed by atoms with Crippen molar-refractivity contribution in [2.75, 3.05) is 7.11 Å². The van der Waals surface area contributed by atoms with Gasteiger partial charge in [-0.3, -0.25) is 14.6 Å². The van der Waals surface area contributed by atoms with Gasteiger partial charge in [-0.1, -0.05) is 12.1 Å². The van der Waals surface area contributed by atoms with Crippen molar-refractivity contribution in [1.29, 1.82) is 0 Å². The molecule has 1 heterocycles. The van der Waals surface area contributed by atoms with E-state index in [-0.39, 0.29) is 17.3 Å². The molecule has 0 aliphatic heterocycles. The standard InChI is InChI=1S/C11H9ClN2O3/c1-17-8(15)5-6-3-2-4-7-9(6)13-11(12)14-10(7)16/h2-4H,5H2,1H3,(H,13,14,16). The molecule has 0 saturated heterocycles. The van der Waals surface area contributed by atoms with Gasteiger partial charge in [0.25, 0.3) is 5.56 Å². The number of nitrogens with zero attached hydrogens (tertiary/aromatic N) is 1. The summed E-state index contributed by atoms with van der Waals surface area (Å²) >= 11 is 5.68. The maximum absolute atomic E-state index is 11.6. The van der Waals surface area contributed by atoms with Gasteiger partial charge in [0.1, 0.15) is 0 Å². The van der Waals surface area contributed by atoms with Crippen LogP contribution < -0.4 is 5.56 Å². The third kappa shape index (κ3) is 2.29. The van der Waals surface area contributed by atoms with Crippen molar-refractivity contribution < 1.29 is 9.53 Å². The average Bonchev–Trinajstić information content (AvgIpc) is 2.30. The molecule has 1 aromatic carbocycles. The zero-order valence-electron chi connectivity index (χ0n) is 8.99. The summed E-state index contributed by atoms with van der Waals surface area (Å²) in [6.07, 6.45) is 0.0562. The van der Waals surface area contributed by atoms with Crippen LogP contribution in [0.1, 0.15) is 5.56 Å². The molecule has 1 N–H and O–H groups in total. The molecule has 0 saturated carbocycles. The van der Waals surface area contributed by atoms with Crippen LogP contribution >= 0.6 is 11.6 Å². The molecule has 0 amide bonds. The van der Waals surface area contributed by atoms with Crippen LogP contribution in [0.3, 0.4) is 0 Å². The van der Waals surface area contributed by atoms with Crippen LogP contribution in [0.15, 0.2) is 23.0 Å². The molecule has 5 nitrogen and oxygen atoms in total. The van der Waals surface area contributed by atoms with Gasteiger partial charge in [0.05, 0.1) is 24.4 Å². The Kier molecular flexibility index (Phi) is 3.10. The Balaban J connectivity index is 2.64. The van der Waals surface area contributed by atoms with E-state index < -0.39 is 5.97 Å². The number of halogens is 1. The number of benzene rings is 1. The van der Waals surface area contributed by atoms with Gasteiger partial charge in [-0.05, 0) is 23.2 Å². The van der Waals surface area contributed by atoms with Crippen molar-refractivity contribution in [1.82, 2.24) is 9.97 Å². The smallest absolute Gasteiger partial charge is 0.310 e. The maximum Gasteiger partial charge on any atom is 0.310 e. The first-order valence-corrected chi connectivity index (χ1v) is 5.24. The molecule has 0 bridgehead atoms. The van der Waals surface area contributed by atoms with Crippen LogP contribution in [-0.4, -0.2) is 23.0 Å². The SMILES string of the molecule is COC(=O)Cc1cccc2c(=O)[nH]c(Cl)nc12. The van der Waals surface area contributed by atoms with Gasteiger partial charge < -0.3 is 4.74 Å². The lowest BCUT2D eigenvalue weighted by atomic mass is 10.1. The molecule has 0 spiro atoms. The van der Waals surface area contributed by atoms with Crippen molar-refractivity contribution in [3.05, 3.63) is 39.4 Å². The molecule has 2 rings (SSSR count). The third-order valence-electron chi connectivity index (χ3n) is 2.35. The first-order chi connectivity index (χ1) is 8.11. The van der Waals surface area contributed by atoms with E-state index in [0.29, 0.717) is 16.5 Å². The predicted octanol–water partition coefficient (Wildman–Crippen LogP) is 1.29. The maximum atomic E-state index is 11.6. The fourth-order valence-corrected chi connectivity index (χ4v) is 1.73. The van der Waals surface area contributed by atoms with E-state index in [1.807, 2.05) is 0 Å². The number of H-pyrrole nitrogens is 1. The van der Waals surface area contributed by atoms with E-state index in [0.717, 1.165) is 0 Å². The van der Waals surface area contributed by atoms with Crippen molar-refractivity contribution in [2.24, 2.45) is 0 Å². The van der Waals surface area contributed by atoms with Gasteiger partial charge >= 0.3 is 5.97 Å². The van der Waals surface area contributed by atoms with Crippen LogP contribution in [-0.2, 0) is 16.0 Å². The topological polar surface area (TPSA) is 72.1 Å². The molecule has 0 aliphatic rings. The normalized spacial score (nSPS) is 10.5. The molecule has 0 atom stereocenters. The van der Waals surface area contributed by atoms with E-state index in [1.54, 1.807) is 18.2 Å². The van der Waals surface area contributed by atoms with E-state index in [4.69, 9.17) is 11.6 Å². The summed E-state index contributed by atoms with van der Waals surface area (Å²) in [6, 6.07) is 5.02. The average molecular weight is 253 g/mol. The molecule has 0 radical (unpaired) electrons. The van der Waals surface area contributed by atoms with Crippen molar-refractivity contribution in [3.8, 4) is 0 Å². The fraction of sp³-hybridized carbons (Fsp3) is 0.182. The van der Waals surface area contributed by atoms with Crippen LogP contribution in [0.4, 0.5) is 0 Å². The van der Waals surface area contributed by atoms with Crippen molar-refractivity contribution >= 4 is 28.5 Å². The van der Waals surface area contributed by atoms with Crippen LogP contribution in [0, 0.1) is 0 Å². The lowest BCUT2D eigenvalue weighted by molar-refractivity contribution is -0.139. The second-order valence-corrected chi connectivity index (χ2v) is 3.78. The Morgan fingerprint density at radius 1 is 1.53 bits per heavy atom. The minimum absolute atomic E-state index is 0.000171. The number of aromatic amines is 1. The number of ether oxygens (including phenoxy) is 1. The Labute approximate surface area is 101 Å². The Morgan fingerprint density at radius 3 is 3.00 bits per heavy atom. The first-order valence-electron chi connectivity index (χ1n) is 4.86. The number of hydrogen-bond donors (Lipinski definition) is 1. The number of carbonyl (C=O) groups excluding carboxylic acids is 1. The molecule has 0 aliphatic carbocycles. The van der Waals surface area contributed by atoms with E-state index >= 15 is 0 Å². The summed E-state index contributed by atoms with van der Waals surface area (Å²) in [5.74, 6) is -0.393. The van der Waals surface area contributed by atoms with Gasteiger partial charge in [0, 0.05) is 0 Å². The summed E-state index contributed by atoms with van der Waals surface area (Å²) in [5.41, 5.74) is 0.709. The number of esters is 1. The lowest BCUT2D eigenvalue weighted by Gasteiger charge is -2.04. The summed E-state index contributed by atoms with van der Waals surface area (Å²) in [6.45, 7) is 0. The highest BCUT2D eigenvalue weighted by Crippen LogP contribution is 2.15. The Hall–Kier alpha value is -1.88. The largest absolute Gasteiger partial charge is 0.469 e. The number of methoxy groups -OCH3 is 1. The zero-order valence-corrected chi connectivity index (χ0v) is 9.75. The molecule has 17 heavy (non-hydrogen) atoms. The Bertz CT molecular complexity index is 636. The Morgan fingerprint density at radius 2 is 2.29 bits per heavy atom. The monoisotopic (exact) mass is 252 g/mol. The molecular weight excluding hydrogens is 244 g/mol. The second kappa shape index (κ2) is 4.55. The highest BCUT2D eigenvalue weighted by Gasteiger charge is 2.10. The second-order valence-electron chi connectivity index (χ2n) is 3.42. The van der Waals surface area contributed by atoms with Crippen LogP contribution in [0.2, 0.25) is 5.28 Å². The summed E-state index contributed by atoms with van der Waals surface area (Å²) < 4.78 is 4.58. The van der Waals surface area contributed by atoms with E-state index in [1.165, 1.54) is 7.11 Å². The molecular formula is C11H9ClN2O3. The first kappa shape index (κ1) is 11.6. The van der Waals surface area contributed by atoms with Gasteiger partial charge in [-0.25, -0.2) is 4.98 Å². The number of rotatable bonds is 2. The minimum Gasteiger partial charge on any atom is -0.469 e. The third-order valence-corrected chi connectivity index (χ3v) is 2.53. The highest BCUT2D eigenvalue weighted by atomic mass is 35.5. The lowest BCUT2D eigenvalue weighted by Crippen LogP contribution is -2.11. The van der Waals surface area contributed by atoms with E-state index in [2.05, 4.69) is 14.7 Å². The van der Waals surface area contributed by atoms with E-state index in [9.17, 15) is 9.59 Å². The number of nitrogens with one attached hydrogen (secondary N) is 1. The van der Waals surface area contributed by atoms with Crippen molar-refractivity contribution in [2.45, 2.75) is 6.42 Å². The highest BCUT2D eigenvalue weighted by molar-refractivity contribution is 6.28. The van der Waals surface area contributed by atoms with Crippen LogP contribution in [0.5, 0.6) is 0 Å². The number of hydrogen-bond acceptors (Lipinski definition) is 4. The number of carbonyl (C=O) groups is 1. The molecule has 2 aromatic rings. The quantitative estimate of drug-likeness (QED) is 0.646. The minimum atomic E-state index is -0.393. The summed E-state index contributed by atoms with van der Waals surface area (Å²) in [4.78, 5) is 29.3.